The number of ether oxygens (including phenoxy) is 2. The molecule has 1 heterocycles. The fraction of sp³-hybridized carbons (Fsp3) is 0.560. The van der Waals surface area contributed by atoms with Gasteiger partial charge in [0.05, 0.1) is 24.6 Å². The number of rotatable bonds is 7. The minimum atomic E-state index is -0.601. The standard InChI is InChI=1S/C25H32N2O5/c1-17(28)32-22-11-5-7-18-23(22)25(30)19(24(18)29)8-6-12-26-13-15-27(16-14-26)20-9-3-4-10-21(20)31-2/h3-5,9-11,18-19,22-23H,6-8,12-16H2,1-2H3. The third-order valence-electron chi connectivity index (χ3n) is 6.95. The monoisotopic (exact) mass is 440 g/mol. The number of carbonyl (C=O) groups excluding carboxylic acids is 3. The molecule has 4 rings (SSSR count). The number of carbonyl (C=O) groups is 3. The first-order chi connectivity index (χ1) is 15.5. The van der Waals surface area contributed by atoms with Crippen molar-refractivity contribution >= 4 is 23.2 Å². The topological polar surface area (TPSA) is 76.2 Å². The number of esters is 1. The van der Waals surface area contributed by atoms with Crippen molar-refractivity contribution in [1.29, 1.82) is 0 Å². The number of ketones is 2. The minimum Gasteiger partial charge on any atom is -0.495 e. The summed E-state index contributed by atoms with van der Waals surface area (Å²) in [6, 6.07) is 8.07. The molecule has 0 radical (unpaired) electrons. The Morgan fingerprint density at radius 2 is 1.84 bits per heavy atom. The zero-order valence-corrected chi connectivity index (χ0v) is 18.9. The second-order valence-corrected chi connectivity index (χ2v) is 8.87. The van der Waals surface area contributed by atoms with Crippen LogP contribution in [0, 0.1) is 17.8 Å². The maximum absolute atomic E-state index is 13.0. The number of para-hydroxylation sites is 2. The first-order valence-corrected chi connectivity index (χ1v) is 11.5. The molecule has 4 atom stereocenters. The fourth-order valence-corrected chi connectivity index (χ4v) is 5.35. The molecule has 0 N–H and O–H groups in total. The molecule has 1 aromatic rings. The van der Waals surface area contributed by atoms with Gasteiger partial charge in [-0.05, 0) is 44.0 Å². The summed E-state index contributed by atoms with van der Waals surface area (Å²) in [5.41, 5.74) is 1.12. The van der Waals surface area contributed by atoms with Gasteiger partial charge in [0.25, 0.3) is 0 Å². The molecule has 0 amide bonds. The Morgan fingerprint density at radius 1 is 1.09 bits per heavy atom. The molecule has 0 spiro atoms. The molecule has 4 unspecified atom stereocenters. The number of Topliss-reactive ketones (excluding diaryl/α,β-unsaturated/α-hetero) is 2. The van der Waals surface area contributed by atoms with E-state index in [-0.39, 0.29) is 17.5 Å². The van der Waals surface area contributed by atoms with Crippen LogP contribution in [0.25, 0.3) is 0 Å². The smallest absolute Gasteiger partial charge is 0.303 e. The lowest BCUT2D eigenvalue weighted by Gasteiger charge is -2.36. The summed E-state index contributed by atoms with van der Waals surface area (Å²) in [4.78, 5) is 42.0. The highest BCUT2D eigenvalue weighted by Crippen LogP contribution is 2.41. The van der Waals surface area contributed by atoms with E-state index in [4.69, 9.17) is 9.47 Å². The van der Waals surface area contributed by atoms with Crippen LogP contribution in [0.3, 0.4) is 0 Å². The third-order valence-corrected chi connectivity index (χ3v) is 6.95. The van der Waals surface area contributed by atoms with Crippen LogP contribution < -0.4 is 9.64 Å². The highest BCUT2D eigenvalue weighted by molar-refractivity contribution is 6.12. The van der Waals surface area contributed by atoms with Gasteiger partial charge < -0.3 is 14.4 Å². The van der Waals surface area contributed by atoms with Gasteiger partial charge in [0.2, 0.25) is 0 Å². The van der Waals surface area contributed by atoms with Crippen molar-refractivity contribution in [2.75, 3.05) is 44.7 Å². The van der Waals surface area contributed by atoms with Gasteiger partial charge in [-0.15, -0.1) is 0 Å². The molecular formula is C25H32N2O5. The molecule has 172 valence electrons. The lowest BCUT2D eigenvalue weighted by Crippen LogP contribution is -2.46. The second kappa shape index (κ2) is 9.86. The molecule has 1 saturated carbocycles. The van der Waals surface area contributed by atoms with E-state index in [0.29, 0.717) is 12.8 Å². The van der Waals surface area contributed by atoms with Gasteiger partial charge >= 0.3 is 5.97 Å². The number of nitrogens with zero attached hydrogens (tertiary/aromatic N) is 2. The first kappa shape index (κ1) is 22.5. The van der Waals surface area contributed by atoms with E-state index in [0.717, 1.165) is 50.6 Å². The van der Waals surface area contributed by atoms with Crippen LogP contribution >= 0.6 is 0 Å². The summed E-state index contributed by atoms with van der Waals surface area (Å²) >= 11 is 0. The Kier molecular flexibility index (Phi) is 6.94. The number of fused-ring (bicyclic) bond motifs is 1. The summed E-state index contributed by atoms with van der Waals surface area (Å²) < 4.78 is 10.8. The number of methoxy groups -OCH3 is 1. The summed E-state index contributed by atoms with van der Waals surface area (Å²) in [7, 11) is 1.70. The summed E-state index contributed by atoms with van der Waals surface area (Å²) in [6.45, 7) is 5.92. The average Bonchev–Trinajstić information content (AvgIpc) is 3.05. The van der Waals surface area contributed by atoms with E-state index in [2.05, 4.69) is 15.9 Å². The zero-order chi connectivity index (χ0) is 22.7. The molecule has 0 aromatic heterocycles. The van der Waals surface area contributed by atoms with E-state index < -0.39 is 23.9 Å². The fourth-order valence-electron chi connectivity index (χ4n) is 5.35. The Balaban J connectivity index is 1.27. The summed E-state index contributed by atoms with van der Waals surface area (Å²) in [5.74, 6) is -0.951. The quantitative estimate of drug-likeness (QED) is 0.366. The molecule has 7 heteroatoms. The summed E-state index contributed by atoms with van der Waals surface area (Å²) in [5, 5.41) is 0. The van der Waals surface area contributed by atoms with Crippen LogP contribution in [0.2, 0.25) is 0 Å². The Labute approximate surface area is 189 Å². The average molecular weight is 441 g/mol. The summed E-state index contributed by atoms with van der Waals surface area (Å²) in [6.07, 6.45) is 4.97. The SMILES string of the molecule is COc1ccccc1N1CCN(CCCC2C(=O)C3CC=CC(OC(C)=O)C3C2=O)CC1. The van der Waals surface area contributed by atoms with E-state index in [9.17, 15) is 14.4 Å². The molecular weight excluding hydrogens is 408 g/mol. The normalized spacial score (nSPS) is 28.0. The van der Waals surface area contributed by atoms with Crippen molar-refractivity contribution < 1.29 is 23.9 Å². The van der Waals surface area contributed by atoms with Crippen molar-refractivity contribution in [3.8, 4) is 5.75 Å². The largest absolute Gasteiger partial charge is 0.495 e. The van der Waals surface area contributed by atoms with Crippen LogP contribution in [0.4, 0.5) is 5.69 Å². The molecule has 3 aliphatic rings. The lowest BCUT2D eigenvalue weighted by atomic mass is 9.83. The predicted octanol–water partition coefficient (Wildman–Crippen LogP) is 2.49. The van der Waals surface area contributed by atoms with E-state index in [1.165, 1.54) is 6.92 Å². The van der Waals surface area contributed by atoms with Gasteiger partial charge in [-0.25, -0.2) is 0 Å². The highest BCUT2D eigenvalue weighted by Gasteiger charge is 2.52. The number of hydrogen-bond donors (Lipinski definition) is 0. The Morgan fingerprint density at radius 3 is 2.56 bits per heavy atom. The van der Waals surface area contributed by atoms with E-state index in [1.54, 1.807) is 13.2 Å². The van der Waals surface area contributed by atoms with Crippen molar-refractivity contribution in [3.05, 3.63) is 36.4 Å². The predicted molar refractivity (Wildman–Crippen MR) is 121 cm³/mol. The van der Waals surface area contributed by atoms with Crippen molar-refractivity contribution in [3.63, 3.8) is 0 Å². The van der Waals surface area contributed by atoms with Crippen LogP contribution in [0.5, 0.6) is 5.75 Å². The van der Waals surface area contributed by atoms with Gasteiger partial charge in [-0.1, -0.05) is 18.2 Å². The zero-order valence-electron chi connectivity index (χ0n) is 18.9. The Hall–Kier alpha value is -2.67. The number of benzene rings is 1. The van der Waals surface area contributed by atoms with Gasteiger partial charge in [0, 0.05) is 39.0 Å². The Bertz CT molecular complexity index is 890. The molecule has 2 fully saturated rings. The number of anilines is 1. The van der Waals surface area contributed by atoms with Crippen molar-refractivity contribution in [2.45, 2.75) is 32.3 Å². The molecule has 0 bridgehead atoms. The van der Waals surface area contributed by atoms with Crippen LogP contribution in [0.1, 0.15) is 26.2 Å². The molecule has 2 aliphatic carbocycles. The second-order valence-electron chi connectivity index (χ2n) is 8.87. The molecule has 32 heavy (non-hydrogen) atoms. The van der Waals surface area contributed by atoms with Gasteiger partial charge in [0.15, 0.2) is 5.78 Å². The molecule has 1 saturated heterocycles. The number of hydrogen-bond acceptors (Lipinski definition) is 7. The maximum Gasteiger partial charge on any atom is 0.303 e. The maximum atomic E-state index is 13.0. The first-order valence-electron chi connectivity index (χ1n) is 11.5. The van der Waals surface area contributed by atoms with E-state index in [1.807, 2.05) is 24.3 Å². The van der Waals surface area contributed by atoms with Crippen LogP contribution in [-0.4, -0.2) is 68.4 Å². The number of piperazine rings is 1. The van der Waals surface area contributed by atoms with Gasteiger partial charge in [-0.2, -0.15) is 0 Å². The highest BCUT2D eigenvalue weighted by atomic mass is 16.5. The molecule has 7 nitrogen and oxygen atoms in total. The van der Waals surface area contributed by atoms with Crippen molar-refractivity contribution in [1.82, 2.24) is 4.90 Å². The molecule has 1 aromatic carbocycles. The van der Waals surface area contributed by atoms with Crippen molar-refractivity contribution in [2.24, 2.45) is 17.8 Å². The van der Waals surface area contributed by atoms with Crippen LogP contribution in [0.15, 0.2) is 36.4 Å². The van der Waals surface area contributed by atoms with Crippen LogP contribution in [-0.2, 0) is 19.1 Å². The van der Waals surface area contributed by atoms with Gasteiger partial charge in [-0.3, -0.25) is 19.3 Å². The molecule has 1 aliphatic heterocycles. The lowest BCUT2D eigenvalue weighted by molar-refractivity contribution is -0.149. The van der Waals surface area contributed by atoms with E-state index >= 15 is 0 Å². The minimum absolute atomic E-state index is 0.0301. The number of allylic oxidation sites excluding steroid dienone is 1. The third kappa shape index (κ3) is 4.58. The van der Waals surface area contributed by atoms with Gasteiger partial charge in [0.1, 0.15) is 17.6 Å².